The van der Waals surface area contributed by atoms with Crippen LogP contribution in [0.5, 0.6) is 0 Å². The normalized spacial score (nSPS) is 16.9. The van der Waals surface area contributed by atoms with Crippen molar-refractivity contribution in [2.45, 2.75) is 64.3 Å². The molecule has 0 saturated carbocycles. The van der Waals surface area contributed by atoms with Gasteiger partial charge in [0, 0.05) is 13.1 Å². The molecule has 1 atom stereocenters. The van der Waals surface area contributed by atoms with Crippen molar-refractivity contribution in [2.24, 2.45) is 5.92 Å². The number of benzene rings is 1. The van der Waals surface area contributed by atoms with Gasteiger partial charge in [-0.1, -0.05) is 19.9 Å². The van der Waals surface area contributed by atoms with Crippen molar-refractivity contribution in [3.8, 4) is 0 Å². The molecule has 1 amide bonds. The Morgan fingerprint density at radius 3 is 2.32 bits per heavy atom. The van der Waals surface area contributed by atoms with Gasteiger partial charge in [-0.3, -0.25) is 4.79 Å². The molecule has 1 aliphatic heterocycles. The fourth-order valence-electron chi connectivity index (χ4n) is 3.14. The van der Waals surface area contributed by atoms with Crippen molar-refractivity contribution in [1.82, 2.24) is 9.62 Å². The van der Waals surface area contributed by atoms with Gasteiger partial charge in [-0.2, -0.15) is 4.72 Å². The van der Waals surface area contributed by atoms with Crippen LogP contribution in [0.25, 0.3) is 0 Å². The van der Waals surface area contributed by atoms with Crippen molar-refractivity contribution >= 4 is 15.9 Å². The Morgan fingerprint density at radius 1 is 1.12 bits per heavy atom. The second kappa shape index (κ2) is 8.32. The summed E-state index contributed by atoms with van der Waals surface area (Å²) in [5.41, 5.74) is 1.97. The number of carbonyl (C=O) groups is 1. The van der Waals surface area contributed by atoms with Crippen molar-refractivity contribution in [2.75, 3.05) is 13.1 Å². The number of amides is 1. The molecule has 0 spiro atoms. The lowest BCUT2D eigenvalue weighted by molar-refractivity contribution is -0.134. The molecule has 1 aromatic rings. The van der Waals surface area contributed by atoms with E-state index in [0.29, 0.717) is 6.42 Å². The maximum atomic E-state index is 12.9. The Bertz CT molecular complexity index is 707. The van der Waals surface area contributed by atoms with E-state index in [2.05, 4.69) is 4.72 Å². The van der Waals surface area contributed by atoms with Gasteiger partial charge in [-0.05, 0) is 68.7 Å². The minimum Gasteiger partial charge on any atom is -0.341 e. The Labute approximate surface area is 151 Å². The Balaban J connectivity index is 2.22. The van der Waals surface area contributed by atoms with Crippen molar-refractivity contribution in [3.63, 3.8) is 0 Å². The molecule has 0 unspecified atom stereocenters. The van der Waals surface area contributed by atoms with Crippen LogP contribution >= 0.6 is 0 Å². The molecular weight excluding hydrogens is 336 g/mol. The molecule has 2 rings (SSSR count). The third-order valence-corrected chi connectivity index (χ3v) is 6.23. The molecule has 0 bridgehead atoms. The zero-order valence-corrected chi connectivity index (χ0v) is 16.5. The molecule has 1 aromatic carbocycles. The van der Waals surface area contributed by atoms with Crippen LogP contribution < -0.4 is 4.72 Å². The minimum atomic E-state index is -3.73. The zero-order chi connectivity index (χ0) is 18.6. The molecule has 1 heterocycles. The van der Waals surface area contributed by atoms with Crippen LogP contribution in [0.15, 0.2) is 23.1 Å². The largest absolute Gasteiger partial charge is 0.341 e. The summed E-state index contributed by atoms with van der Waals surface area (Å²) in [5.74, 6) is 0.127. The molecule has 25 heavy (non-hydrogen) atoms. The number of hydrogen-bond acceptors (Lipinski definition) is 3. The smallest absolute Gasteiger partial charge is 0.241 e. The fraction of sp³-hybridized carbons (Fsp3) is 0.632. The molecular formula is C19H30N2O3S. The van der Waals surface area contributed by atoms with E-state index in [4.69, 9.17) is 0 Å². The summed E-state index contributed by atoms with van der Waals surface area (Å²) in [6.07, 6.45) is 3.61. The van der Waals surface area contributed by atoms with E-state index < -0.39 is 16.1 Å². The fourth-order valence-corrected chi connectivity index (χ4v) is 4.43. The van der Waals surface area contributed by atoms with E-state index in [0.717, 1.165) is 43.5 Å². The van der Waals surface area contributed by atoms with E-state index >= 15 is 0 Å². The van der Waals surface area contributed by atoms with Crippen LogP contribution in [-0.2, 0) is 14.8 Å². The molecule has 1 saturated heterocycles. The van der Waals surface area contributed by atoms with Crippen molar-refractivity contribution in [1.29, 1.82) is 0 Å². The summed E-state index contributed by atoms with van der Waals surface area (Å²) in [7, 11) is -3.73. The SMILES string of the molecule is Cc1ccc(S(=O)(=O)N[C@@H](CC(C)C)C(=O)N2CCCCC2)cc1C. The average Bonchev–Trinajstić information content (AvgIpc) is 2.56. The lowest BCUT2D eigenvalue weighted by atomic mass is 10.0. The molecule has 0 aromatic heterocycles. The standard InChI is InChI=1S/C19H30N2O3S/c1-14(2)12-18(19(22)21-10-6-5-7-11-21)20-25(23,24)17-9-8-15(3)16(4)13-17/h8-9,13-14,18,20H,5-7,10-12H2,1-4H3/t18-/m0/s1. The monoisotopic (exact) mass is 366 g/mol. The Kier molecular flexibility index (Phi) is 6.63. The molecule has 1 fully saturated rings. The van der Waals surface area contributed by atoms with Gasteiger partial charge < -0.3 is 4.90 Å². The highest BCUT2D eigenvalue weighted by molar-refractivity contribution is 7.89. The predicted octanol–water partition coefficient (Wildman–Crippen LogP) is 3.01. The number of carbonyl (C=O) groups excluding carboxylic acids is 1. The third-order valence-electron chi connectivity index (χ3n) is 4.76. The lowest BCUT2D eigenvalue weighted by Crippen LogP contribution is -2.50. The highest BCUT2D eigenvalue weighted by Crippen LogP contribution is 2.18. The van der Waals surface area contributed by atoms with Crippen molar-refractivity contribution in [3.05, 3.63) is 29.3 Å². The van der Waals surface area contributed by atoms with E-state index in [9.17, 15) is 13.2 Å². The summed E-state index contributed by atoms with van der Waals surface area (Å²) in [6, 6.07) is 4.36. The second-order valence-electron chi connectivity index (χ2n) is 7.44. The summed E-state index contributed by atoms with van der Waals surface area (Å²) in [6.45, 7) is 9.28. The van der Waals surface area contributed by atoms with Gasteiger partial charge >= 0.3 is 0 Å². The molecule has 140 valence electrons. The van der Waals surface area contributed by atoms with Crippen LogP contribution in [0, 0.1) is 19.8 Å². The number of rotatable bonds is 6. The maximum Gasteiger partial charge on any atom is 0.241 e. The maximum absolute atomic E-state index is 12.9. The first-order valence-electron chi connectivity index (χ1n) is 9.09. The molecule has 1 N–H and O–H groups in total. The highest BCUT2D eigenvalue weighted by Gasteiger charge is 2.30. The van der Waals surface area contributed by atoms with Crippen molar-refractivity contribution < 1.29 is 13.2 Å². The van der Waals surface area contributed by atoms with Crippen LogP contribution in [-0.4, -0.2) is 38.4 Å². The van der Waals surface area contributed by atoms with E-state index in [1.54, 1.807) is 23.1 Å². The Hall–Kier alpha value is -1.40. The highest BCUT2D eigenvalue weighted by atomic mass is 32.2. The summed E-state index contributed by atoms with van der Waals surface area (Å²) < 4.78 is 28.3. The van der Waals surface area contributed by atoms with Gasteiger partial charge in [0.25, 0.3) is 0 Å². The van der Waals surface area contributed by atoms with Gasteiger partial charge in [0.15, 0.2) is 0 Å². The molecule has 6 heteroatoms. The number of aryl methyl sites for hydroxylation is 2. The van der Waals surface area contributed by atoms with Gasteiger partial charge in [0.1, 0.15) is 6.04 Å². The van der Waals surface area contributed by atoms with Gasteiger partial charge in [0.2, 0.25) is 15.9 Å². The molecule has 0 radical (unpaired) electrons. The summed E-state index contributed by atoms with van der Waals surface area (Å²) in [5, 5.41) is 0. The number of nitrogens with one attached hydrogen (secondary N) is 1. The molecule has 0 aliphatic carbocycles. The lowest BCUT2D eigenvalue weighted by Gasteiger charge is -2.31. The minimum absolute atomic E-state index is 0.0965. The van der Waals surface area contributed by atoms with Gasteiger partial charge in [-0.25, -0.2) is 8.42 Å². The summed E-state index contributed by atoms with van der Waals surface area (Å²) >= 11 is 0. The van der Waals surface area contributed by atoms with E-state index in [1.807, 2.05) is 27.7 Å². The zero-order valence-electron chi connectivity index (χ0n) is 15.7. The van der Waals surface area contributed by atoms with E-state index in [-0.39, 0.29) is 16.7 Å². The third kappa shape index (κ3) is 5.28. The first-order valence-corrected chi connectivity index (χ1v) is 10.6. The average molecular weight is 367 g/mol. The van der Waals surface area contributed by atoms with E-state index in [1.165, 1.54) is 0 Å². The number of piperidine rings is 1. The van der Waals surface area contributed by atoms with Gasteiger partial charge in [0.05, 0.1) is 4.90 Å². The number of sulfonamides is 1. The second-order valence-corrected chi connectivity index (χ2v) is 9.15. The molecule has 5 nitrogen and oxygen atoms in total. The topological polar surface area (TPSA) is 66.5 Å². The predicted molar refractivity (Wildman–Crippen MR) is 99.9 cm³/mol. The van der Waals surface area contributed by atoms with Crippen LogP contribution in [0.4, 0.5) is 0 Å². The number of likely N-dealkylation sites (tertiary alicyclic amines) is 1. The Morgan fingerprint density at radius 2 is 1.76 bits per heavy atom. The first-order chi connectivity index (χ1) is 11.7. The molecule has 1 aliphatic rings. The number of hydrogen-bond donors (Lipinski definition) is 1. The summed E-state index contributed by atoms with van der Waals surface area (Å²) in [4.78, 5) is 14.9. The number of nitrogens with zero attached hydrogens (tertiary/aromatic N) is 1. The quantitative estimate of drug-likeness (QED) is 0.841. The van der Waals surface area contributed by atoms with Crippen LogP contribution in [0.3, 0.4) is 0 Å². The first kappa shape index (κ1) is 19.9. The van der Waals surface area contributed by atoms with Gasteiger partial charge in [-0.15, -0.1) is 0 Å². The van der Waals surface area contributed by atoms with Crippen LogP contribution in [0.1, 0.15) is 50.7 Å². The van der Waals surface area contributed by atoms with Crippen LogP contribution in [0.2, 0.25) is 0 Å².